The summed E-state index contributed by atoms with van der Waals surface area (Å²) in [5, 5.41) is 0. The monoisotopic (exact) mass is 281 g/mol. The molecule has 6 heteroatoms. The van der Waals surface area contributed by atoms with E-state index in [9.17, 15) is 4.79 Å². The van der Waals surface area contributed by atoms with Crippen molar-refractivity contribution in [3.63, 3.8) is 0 Å². The SMILES string of the molecule is O=C(C1CN(Cc2cncs2)CCO1)N1CCCC1. The van der Waals surface area contributed by atoms with E-state index in [-0.39, 0.29) is 12.0 Å². The summed E-state index contributed by atoms with van der Waals surface area (Å²) in [6.45, 7) is 4.90. The molecular formula is C13H19N3O2S. The molecule has 1 aromatic rings. The van der Waals surface area contributed by atoms with Crippen molar-refractivity contribution < 1.29 is 9.53 Å². The Morgan fingerprint density at radius 3 is 3.00 bits per heavy atom. The zero-order valence-electron chi connectivity index (χ0n) is 11.0. The van der Waals surface area contributed by atoms with E-state index in [4.69, 9.17) is 4.74 Å². The summed E-state index contributed by atoms with van der Waals surface area (Å²) in [5.41, 5.74) is 1.85. The quantitative estimate of drug-likeness (QED) is 0.828. The number of carbonyl (C=O) groups is 1. The molecule has 1 unspecified atom stereocenters. The number of hydrogen-bond acceptors (Lipinski definition) is 5. The number of likely N-dealkylation sites (tertiary alicyclic amines) is 1. The second-order valence-electron chi connectivity index (χ2n) is 5.09. The van der Waals surface area contributed by atoms with Gasteiger partial charge in [-0.25, -0.2) is 0 Å². The molecule has 2 fully saturated rings. The first-order valence-corrected chi connectivity index (χ1v) is 7.71. The van der Waals surface area contributed by atoms with Gasteiger partial charge < -0.3 is 9.64 Å². The van der Waals surface area contributed by atoms with Crippen molar-refractivity contribution >= 4 is 17.2 Å². The minimum absolute atomic E-state index is 0.173. The van der Waals surface area contributed by atoms with E-state index in [0.717, 1.165) is 39.0 Å². The standard InChI is InChI=1S/C13H19N3O2S/c17-13(16-3-1-2-4-16)12-9-15(5-6-18-12)8-11-7-14-10-19-11/h7,10,12H,1-6,8-9H2. The summed E-state index contributed by atoms with van der Waals surface area (Å²) in [5.74, 6) is 0.173. The number of ether oxygens (including phenoxy) is 1. The summed E-state index contributed by atoms with van der Waals surface area (Å²) in [4.78, 5) is 21.9. The molecule has 2 aliphatic heterocycles. The van der Waals surface area contributed by atoms with Crippen LogP contribution in [0.3, 0.4) is 0 Å². The molecule has 0 radical (unpaired) electrons. The van der Waals surface area contributed by atoms with Crippen molar-refractivity contribution in [3.05, 3.63) is 16.6 Å². The molecule has 2 aliphatic rings. The fraction of sp³-hybridized carbons (Fsp3) is 0.692. The Balaban J connectivity index is 1.56. The zero-order chi connectivity index (χ0) is 13.1. The van der Waals surface area contributed by atoms with Gasteiger partial charge in [-0.15, -0.1) is 11.3 Å². The second-order valence-corrected chi connectivity index (χ2v) is 6.07. The minimum atomic E-state index is -0.278. The van der Waals surface area contributed by atoms with Crippen LogP contribution in [0.4, 0.5) is 0 Å². The van der Waals surface area contributed by atoms with Gasteiger partial charge in [0.25, 0.3) is 5.91 Å². The first kappa shape index (κ1) is 13.0. The molecule has 3 heterocycles. The molecule has 104 valence electrons. The largest absolute Gasteiger partial charge is 0.366 e. The van der Waals surface area contributed by atoms with Crippen LogP contribution in [0.2, 0.25) is 0 Å². The Labute approximate surface area is 117 Å². The third-order valence-corrected chi connectivity index (χ3v) is 4.47. The Kier molecular flexibility index (Phi) is 4.10. The van der Waals surface area contributed by atoms with Gasteiger partial charge in [-0.2, -0.15) is 0 Å². The molecule has 1 atom stereocenters. The van der Waals surface area contributed by atoms with E-state index >= 15 is 0 Å². The predicted octanol–water partition coefficient (Wildman–Crippen LogP) is 0.966. The molecule has 3 rings (SSSR count). The number of morpholine rings is 1. The average Bonchev–Trinajstić information content (AvgIpc) is 3.11. The summed E-state index contributed by atoms with van der Waals surface area (Å²) in [7, 11) is 0. The summed E-state index contributed by atoms with van der Waals surface area (Å²) < 4.78 is 5.66. The van der Waals surface area contributed by atoms with Crippen molar-refractivity contribution in [2.45, 2.75) is 25.5 Å². The van der Waals surface area contributed by atoms with Gasteiger partial charge >= 0.3 is 0 Å². The van der Waals surface area contributed by atoms with Gasteiger partial charge in [0.1, 0.15) is 6.10 Å². The summed E-state index contributed by atoms with van der Waals surface area (Å²) >= 11 is 1.66. The number of hydrogen-bond donors (Lipinski definition) is 0. The lowest BCUT2D eigenvalue weighted by molar-refractivity contribution is -0.148. The molecule has 5 nitrogen and oxygen atoms in total. The molecule has 19 heavy (non-hydrogen) atoms. The van der Waals surface area contributed by atoms with E-state index in [1.807, 2.05) is 16.6 Å². The van der Waals surface area contributed by atoms with Crippen molar-refractivity contribution in [2.24, 2.45) is 0 Å². The first-order valence-electron chi connectivity index (χ1n) is 6.83. The fourth-order valence-electron chi connectivity index (χ4n) is 2.68. The van der Waals surface area contributed by atoms with Crippen LogP contribution in [0, 0.1) is 0 Å². The van der Waals surface area contributed by atoms with Crippen LogP contribution < -0.4 is 0 Å². The third kappa shape index (κ3) is 3.13. The molecule has 1 aromatic heterocycles. The normalized spacial score (nSPS) is 24.8. The second kappa shape index (κ2) is 5.98. The number of rotatable bonds is 3. The number of amides is 1. The fourth-order valence-corrected chi connectivity index (χ4v) is 3.31. The van der Waals surface area contributed by atoms with Crippen LogP contribution in [-0.2, 0) is 16.1 Å². The first-order chi connectivity index (χ1) is 9.33. The molecule has 0 spiro atoms. The van der Waals surface area contributed by atoms with Crippen molar-refractivity contribution in [3.8, 4) is 0 Å². The van der Waals surface area contributed by atoms with Crippen LogP contribution in [-0.4, -0.2) is 59.6 Å². The maximum atomic E-state index is 12.3. The van der Waals surface area contributed by atoms with Crippen LogP contribution in [0.25, 0.3) is 0 Å². The lowest BCUT2D eigenvalue weighted by Gasteiger charge is -2.33. The van der Waals surface area contributed by atoms with E-state index in [1.54, 1.807) is 11.3 Å². The maximum absolute atomic E-state index is 12.3. The lowest BCUT2D eigenvalue weighted by atomic mass is 10.2. The Hall–Kier alpha value is -0.980. The number of aromatic nitrogens is 1. The van der Waals surface area contributed by atoms with Gasteiger partial charge in [-0.3, -0.25) is 14.7 Å². The van der Waals surface area contributed by atoms with Crippen LogP contribution in [0.15, 0.2) is 11.7 Å². The Bertz CT molecular complexity index is 418. The van der Waals surface area contributed by atoms with E-state index in [2.05, 4.69) is 9.88 Å². The molecule has 0 saturated carbocycles. The molecule has 1 amide bonds. The van der Waals surface area contributed by atoms with Crippen LogP contribution in [0.5, 0.6) is 0 Å². The molecule has 2 saturated heterocycles. The predicted molar refractivity (Wildman–Crippen MR) is 72.9 cm³/mol. The van der Waals surface area contributed by atoms with Gasteiger partial charge in [-0.1, -0.05) is 0 Å². The van der Waals surface area contributed by atoms with Gasteiger partial charge in [0.2, 0.25) is 0 Å². The van der Waals surface area contributed by atoms with E-state index < -0.39 is 0 Å². The summed E-state index contributed by atoms with van der Waals surface area (Å²) in [6, 6.07) is 0. The summed E-state index contributed by atoms with van der Waals surface area (Å²) in [6.07, 6.45) is 3.88. The highest BCUT2D eigenvalue weighted by atomic mass is 32.1. The third-order valence-electron chi connectivity index (χ3n) is 3.71. The maximum Gasteiger partial charge on any atom is 0.253 e. The van der Waals surface area contributed by atoms with Crippen LogP contribution >= 0.6 is 11.3 Å². The molecule has 0 aliphatic carbocycles. The number of thiazole rings is 1. The molecule has 0 aromatic carbocycles. The van der Waals surface area contributed by atoms with Gasteiger partial charge in [-0.05, 0) is 12.8 Å². The molecular weight excluding hydrogens is 262 g/mol. The highest BCUT2D eigenvalue weighted by Gasteiger charge is 2.31. The zero-order valence-corrected chi connectivity index (χ0v) is 11.8. The molecule has 0 bridgehead atoms. The molecule has 0 N–H and O–H groups in total. The Morgan fingerprint density at radius 1 is 1.42 bits per heavy atom. The van der Waals surface area contributed by atoms with Crippen molar-refractivity contribution in [1.82, 2.24) is 14.8 Å². The minimum Gasteiger partial charge on any atom is -0.366 e. The van der Waals surface area contributed by atoms with E-state index in [0.29, 0.717) is 13.2 Å². The highest BCUT2D eigenvalue weighted by molar-refractivity contribution is 7.09. The highest BCUT2D eigenvalue weighted by Crippen LogP contribution is 2.16. The average molecular weight is 281 g/mol. The van der Waals surface area contributed by atoms with E-state index in [1.165, 1.54) is 4.88 Å². The topological polar surface area (TPSA) is 45.7 Å². The van der Waals surface area contributed by atoms with Gasteiger partial charge in [0.15, 0.2) is 0 Å². The van der Waals surface area contributed by atoms with Gasteiger partial charge in [0, 0.05) is 43.8 Å². The van der Waals surface area contributed by atoms with Gasteiger partial charge in [0.05, 0.1) is 12.1 Å². The smallest absolute Gasteiger partial charge is 0.253 e. The van der Waals surface area contributed by atoms with Crippen molar-refractivity contribution in [1.29, 1.82) is 0 Å². The Morgan fingerprint density at radius 2 is 2.26 bits per heavy atom. The van der Waals surface area contributed by atoms with Crippen molar-refractivity contribution in [2.75, 3.05) is 32.8 Å². The number of carbonyl (C=O) groups excluding carboxylic acids is 1. The number of nitrogens with zero attached hydrogens (tertiary/aromatic N) is 3. The lowest BCUT2D eigenvalue weighted by Crippen LogP contribution is -2.50. The van der Waals surface area contributed by atoms with Crippen LogP contribution in [0.1, 0.15) is 17.7 Å².